The van der Waals surface area contributed by atoms with Gasteiger partial charge in [0.1, 0.15) is 6.04 Å². The number of hydrogen-bond donors (Lipinski definition) is 4. The van der Waals surface area contributed by atoms with Gasteiger partial charge in [-0.1, -0.05) is 13.8 Å². The van der Waals surface area contributed by atoms with Crippen LogP contribution in [-0.4, -0.2) is 80.1 Å². The molecular weight excluding hydrogens is 360 g/mol. The van der Waals surface area contributed by atoms with E-state index in [9.17, 15) is 14.4 Å². The van der Waals surface area contributed by atoms with Crippen LogP contribution >= 0.6 is 0 Å². The van der Waals surface area contributed by atoms with Gasteiger partial charge in [0.25, 0.3) is 5.91 Å². The molecule has 9 heteroatoms. The Labute approximate surface area is 168 Å². The van der Waals surface area contributed by atoms with Gasteiger partial charge in [-0.15, -0.1) is 0 Å². The summed E-state index contributed by atoms with van der Waals surface area (Å²) in [5.74, 6) is -0.443. The molecule has 0 aromatic carbocycles. The Morgan fingerprint density at radius 2 is 1.89 bits per heavy atom. The highest BCUT2D eigenvalue weighted by molar-refractivity contribution is 5.91. The van der Waals surface area contributed by atoms with Crippen LogP contribution in [0.2, 0.25) is 0 Å². The first-order chi connectivity index (χ1) is 13.3. The lowest BCUT2D eigenvalue weighted by Crippen LogP contribution is -2.59. The number of nitrogens with zero attached hydrogens (tertiary/aromatic N) is 2. The summed E-state index contributed by atoms with van der Waals surface area (Å²) in [6, 6.07) is -0.925. The molecule has 28 heavy (non-hydrogen) atoms. The minimum atomic E-state index is -0.657. The first-order valence-electron chi connectivity index (χ1n) is 10.3. The van der Waals surface area contributed by atoms with E-state index < -0.39 is 6.04 Å². The van der Waals surface area contributed by atoms with Gasteiger partial charge in [0.2, 0.25) is 11.8 Å². The summed E-state index contributed by atoms with van der Waals surface area (Å²) in [5.41, 5.74) is 5.43. The molecule has 0 bridgehead atoms. The minimum Gasteiger partial charge on any atom is -0.355 e. The maximum Gasteiger partial charge on any atom is 0.254 e. The van der Waals surface area contributed by atoms with Gasteiger partial charge in [0, 0.05) is 20.6 Å². The Hall–Kier alpha value is -1.71. The quantitative estimate of drug-likeness (QED) is 0.258. The van der Waals surface area contributed by atoms with Gasteiger partial charge in [0.15, 0.2) is 0 Å². The standard InChI is InChI=1S/C19H38N6O3/c1-14(2)12-16(18(27)23-13-17(26)22-10-6-5-9-20)25(24(3)4)19(28)15-8-7-11-21-15/h14-16,21H,5-13,20H2,1-4H3,(H,22,26)(H,23,27)/t15-,16-/m0/s1. The topological polar surface area (TPSA) is 120 Å². The highest BCUT2D eigenvalue weighted by atomic mass is 16.2. The molecule has 0 aromatic heterocycles. The van der Waals surface area contributed by atoms with Crippen LogP contribution in [0, 0.1) is 5.92 Å². The van der Waals surface area contributed by atoms with Crippen LogP contribution in [0.15, 0.2) is 0 Å². The van der Waals surface area contributed by atoms with Crippen molar-refractivity contribution in [1.29, 1.82) is 0 Å². The number of nitrogens with one attached hydrogen (secondary N) is 3. The SMILES string of the molecule is CC(C)C[C@@H](C(=O)NCC(=O)NCCCCN)N(C(=O)[C@@H]1CCCN1)N(C)C. The van der Waals surface area contributed by atoms with Gasteiger partial charge < -0.3 is 21.7 Å². The molecule has 0 aromatic rings. The average molecular weight is 399 g/mol. The monoisotopic (exact) mass is 398 g/mol. The summed E-state index contributed by atoms with van der Waals surface area (Å²) in [5, 5.41) is 11.8. The van der Waals surface area contributed by atoms with E-state index in [0.29, 0.717) is 19.5 Å². The van der Waals surface area contributed by atoms with Crippen LogP contribution in [-0.2, 0) is 14.4 Å². The number of nitrogens with two attached hydrogens (primary N) is 1. The molecule has 9 nitrogen and oxygen atoms in total. The van der Waals surface area contributed by atoms with Crippen molar-refractivity contribution in [2.24, 2.45) is 11.7 Å². The summed E-state index contributed by atoms with van der Waals surface area (Å²) in [4.78, 5) is 37.8. The van der Waals surface area contributed by atoms with E-state index >= 15 is 0 Å². The fourth-order valence-electron chi connectivity index (χ4n) is 3.29. The average Bonchev–Trinajstić information content (AvgIpc) is 3.16. The zero-order valence-electron chi connectivity index (χ0n) is 17.8. The third-order valence-electron chi connectivity index (χ3n) is 4.68. The van der Waals surface area contributed by atoms with Gasteiger partial charge in [-0.3, -0.25) is 19.4 Å². The number of rotatable bonds is 12. The van der Waals surface area contributed by atoms with Gasteiger partial charge in [-0.2, -0.15) is 0 Å². The largest absolute Gasteiger partial charge is 0.355 e. The van der Waals surface area contributed by atoms with Gasteiger partial charge in [-0.25, -0.2) is 5.01 Å². The predicted molar refractivity (Wildman–Crippen MR) is 109 cm³/mol. The van der Waals surface area contributed by atoms with Gasteiger partial charge >= 0.3 is 0 Å². The Kier molecular flexibility index (Phi) is 11.0. The molecule has 0 saturated carbocycles. The van der Waals surface area contributed by atoms with Crippen molar-refractivity contribution in [2.45, 2.75) is 58.0 Å². The Morgan fingerprint density at radius 3 is 2.43 bits per heavy atom. The van der Waals surface area contributed by atoms with E-state index in [1.165, 1.54) is 5.01 Å². The molecule has 1 aliphatic heterocycles. The Bertz CT molecular complexity index is 506. The Morgan fingerprint density at radius 1 is 1.18 bits per heavy atom. The zero-order chi connectivity index (χ0) is 21.1. The molecule has 5 N–H and O–H groups in total. The smallest absolute Gasteiger partial charge is 0.254 e. The molecule has 162 valence electrons. The van der Waals surface area contributed by atoms with Crippen LogP contribution in [0.3, 0.4) is 0 Å². The number of carbonyl (C=O) groups excluding carboxylic acids is 3. The molecule has 1 heterocycles. The second kappa shape index (κ2) is 12.7. The van der Waals surface area contributed by atoms with E-state index in [1.807, 2.05) is 13.8 Å². The number of hydrazine groups is 1. The molecule has 0 spiro atoms. The molecule has 1 aliphatic rings. The van der Waals surface area contributed by atoms with E-state index in [-0.39, 0.29) is 36.2 Å². The molecule has 3 amide bonds. The van der Waals surface area contributed by atoms with Crippen LogP contribution in [0.5, 0.6) is 0 Å². The number of unbranched alkanes of at least 4 members (excludes halogenated alkanes) is 1. The number of hydrogen-bond acceptors (Lipinski definition) is 6. The first-order valence-corrected chi connectivity index (χ1v) is 10.3. The van der Waals surface area contributed by atoms with E-state index in [0.717, 1.165) is 32.2 Å². The number of amides is 3. The molecule has 2 atom stereocenters. The predicted octanol–water partition coefficient (Wildman–Crippen LogP) is -0.570. The molecule has 1 rings (SSSR count). The third-order valence-corrected chi connectivity index (χ3v) is 4.68. The van der Waals surface area contributed by atoms with E-state index in [1.54, 1.807) is 19.1 Å². The van der Waals surface area contributed by atoms with Crippen molar-refractivity contribution in [2.75, 3.05) is 40.3 Å². The van der Waals surface area contributed by atoms with Gasteiger partial charge in [0.05, 0.1) is 12.6 Å². The third kappa shape index (κ3) is 8.12. The van der Waals surface area contributed by atoms with Crippen LogP contribution in [0.4, 0.5) is 0 Å². The molecule has 0 unspecified atom stereocenters. The molecule has 0 aliphatic carbocycles. The Balaban J connectivity index is 2.73. The maximum atomic E-state index is 13.0. The summed E-state index contributed by atoms with van der Waals surface area (Å²) < 4.78 is 0. The minimum absolute atomic E-state index is 0.102. The highest BCUT2D eigenvalue weighted by Gasteiger charge is 2.36. The molecule has 0 radical (unpaired) electrons. The number of carbonyl (C=O) groups is 3. The summed E-state index contributed by atoms with van der Waals surface area (Å²) in [7, 11) is 3.52. The van der Waals surface area contributed by atoms with Crippen molar-refractivity contribution in [1.82, 2.24) is 26.0 Å². The summed E-state index contributed by atoms with van der Waals surface area (Å²) in [6.07, 6.45) is 3.88. The van der Waals surface area contributed by atoms with Crippen molar-refractivity contribution in [3.63, 3.8) is 0 Å². The molecule has 1 saturated heterocycles. The summed E-state index contributed by atoms with van der Waals surface area (Å²) >= 11 is 0. The fourth-order valence-corrected chi connectivity index (χ4v) is 3.29. The first kappa shape index (κ1) is 24.3. The van der Waals surface area contributed by atoms with Crippen molar-refractivity contribution in [3.05, 3.63) is 0 Å². The van der Waals surface area contributed by atoms with Gasteiger partial charge in [-0.05, 0) is 51.1 Å². The van der Waals surface area contributed by atoms with Crippen molar-refractivity contribution >= 4 is 17.7 Å². The van der Waals surface area contributed by atoms with Crippen molar-refractivity contribution in [3.8, 4) is 0 Å². The lowest BCUT2D eigenvalue weighted by molar-refractivity contribution is -0.159. The molecular formula is C19H38N6O3. The second-order valence-electron chi connectivity index (χ2n) is 7.89. The fraction of sp³-hybridized carbons (Fsp3) is 0.842. The highest BCUT2D eigenvalue weighted by Crippen LogP contribution is 2.17. The summed E-state index contributed by atoms with van der Waals surface area (Å²) in [6.45, 7) is 5.86. The lowest BCUT2D eigenvalue weighted by atomic mass is 10.0. The van der Waals surface area contributed by atoms with Crippen LogP contribution in [0.1, 0.15) is 46.0 Å². The van der Waals surface area contributed by atoms with E-state index in [2.05, 4.69) is 16.0 Å². The second-order valence-corrected chi connectivity index (χ2v) is 7.89. The van der Waals surface area contributed by atoms with Crippen LogP contribution < -0.4 is 21.7 Å². The normalized spacial score (nSPS) is 17.6. The molecule has 1 fully saturated rings. The van der Waals surface area contributed by atoms with Crippen molar-refractivity contribution < 1.29 is 14.4 Å². The lowest BCUT2D eigenvalue weighted by Gasteiger charge is -2.37. The maximum absolute atomic E-state index is 13.0. The van der Waals surface area contributed by atoms with Crippen LogP contribution in [0.25, 0.3) is 0 Å². The zero-order valence-corrected chi connectivity index (χ0v) is 17.8. The van der Waals surface area contributed by atoms with E-state index in [4.69, 9.17) is 5.73 Å².